The second-order valence-electron chi connectivity index (χ2n) is 2.54. The van der Waals surface area contributed by atoms with Gasteiger partial charge in [-0.2, -0.15) is 0 Å². The van der Waals surface area contributed by atoms with E-state index in [4.69, 9.17) is 0 Å². The Morgan fingerprint density at radius 1 is 1.33 bits per heavy atom. The number of benzene rings is 1. The zero-order valence-electron chi connectivity index (χ0n) is 6.56. The van der Waals surface area contributed by atoms with Crippen LogP contribution in [0.1, 0.15) is 12.0 Å². The van der Waals surface area contributed by atoms with Gasteiger partial charge in [0.2, 0.25) is 0 Å². The molecule has 66 valence electrons. The molecule has 0 aliphatic carbocycles. The van der Waals surface area contributed by atoms with E-state index in [1.54, 1.807) is 0 Å². The molecule has 0 aliphatic heterocycles. The minimum absolute atomic E-state index is 1.02. The van der Waals surface area contributed by atoms with E-state index in [9.17, 15) is 0 Å². The van der Waals surface area contributed by atoms with Crippen LogP contribution in [0.4, 0.5) is 0 Å². The van der Waals surface area contributed by atoms with Crippen LogP contribution >= 0.6 is 44.5 Å². The lowest BCUT2D eigenvalue weighted by Crippen LogP contribution is -1.88. The normalized spacial score (nSPS) is 10.2. The van der Waals surface area contributed by atoms with Gasteiger partial charge in [0.1, 0.15) is 0 Å². The Labute approximate surface area is 95.4 Å². The molecule has 0 aromatic heterocycles. The number of hydrogen-bond donors (Lipinski definition) is 1. The molecule has 0 saturated carbocycles. The summed E-state index contributed by atoms with van der Waals surface area (Å²) in [5.74, 6) is 0. The molecule has 0 amide bonds. The van der Waals surface area contributed by atoms with E-state index in [1.807, 2.05) is 12.1 Å². The number of halogens is 2. The van der Waals surface area contributed by atoms with Gasteiger partial charge in [-0.05, 0) is 40.4 Å². The van der Waals surface area contributed by atoms with Crippen LogP contribution in [0.3, 0.4) is 0 Å². The average molecular weight is 310 g/mol. The Bertz CT molecular complexity index is 261. The van der Waals surface area contributed by atoms with Gasteiger partial charge in [-0.25, -0.2) is 0 Å². The van der Waals surface area contributed by atoms with Crippen molar-refractivity contribution in [2.45, 2.75) is 17.7 Å². The van der Waals surface area contributed by atoms with Crippen molar-refractivity contribution in [2.75, 3.05) is 5.33 Å². The van der Waals surface area contributed by atoms with E-state index >= 15 is 0 Å². The van der Waals surface area contributed by atoms with Crippen molar-refractivity contribution in [1.29, 1.82) is 0 Å². The third-order valence-corrected chi connectivity index (χ3v) is 3.81. The molecule has 0 heterocycles. The molecule has 0 spiro atoms. The molecule has 0 fully saturated rings. The molecule has 1 aromatic carbocycles. The fourth-order valence-electron chi connectivity index (χ4n) is 1.02. The van der Waals surface area contributed by atoms with Crippen molar-refractivity contribution in [3.05, 3.63) is 28.2 Å². The topological polar surface area (TPSA) is 0 Å². The minimum Gasteiger partial charge on any atom is -0.142 e. The summed E-state index contributed by atoms with van der Waals surface area (Å²) in [5, 5.41) is 1.05. The van der Waals surface area contributed by atoms with Crippen molar-refractivity contribution in [1.82, 2.24) is 0 Å². The van der Waals surface area contributed by atoms with Gasteiger partial charge in [-0.3, -0.25) is 0 Å². The number of rotatable bonds is 3. The van der Waals surface area contributed by atoms with Gasteiger partial charge in [0, 0.05) is 14.7 Å². The van der Waals surface area contributed by atoms with E-state index in [2.05, 4.69) is 50.6 Å². The maximum Gasteiger partial charge on any atom is 0.0340 e. The predicted molar refractivity (Wildman–Crippen MR) is 63.5 cm³/mol. The Morgan fingerprint density at radius 3 is 2.75 bits per heavy atom. The van der Waals surface area contributed by atoms with Crippen molar-refractivity contribution in [2.24, 2.45) is 0 Å². The van der Waals surface area contributed by atoms with Gasteiger partial charge >= 0.3 is 0 Å². The lowest BCUT2D eigenvalue weighted by molar-refractivity contribution is 0.928. The molecule has 1 aromatic rings. The molecule has 0 unspecified atom stereocenters. The fourth-order valence-corrected chi connectivity index (χ4v) is 1.99. The van der Waals surface area contributed by atoms with Gasteiger partial charge < -0.3 is 0 Å². The van der Waals surface area contributed by atoms with Crippen LogP contribution < -0.4 is 0 Å². The first-order chi connectivity index (χ1) is 5.75. The molecule has 0 nitrogen and oxygen atoms in total. The van der Waals surface area contributed by atoms with Gasteiger partial charge in [-0.1, -0.05) is 28.1 Å². The highest BCUT2D eigenvalue weighted by atomic mass is 79.9. The third-order valence-electron chi connectivity index (χ3n) is 1.64. The average Bonchev–Trinajstić information content (AvgIpc) is 2.08. The van der Waals surface area contributed by atoms with Crippen LogP contribution in [-0.2, 0) is 6.42 Å². The number of alkyl halides is 1. The first-order valence-electron chi connectivity index (χ1n) is 3.78. The Hall–Kier alpha value is 0.530. The molecule has 0 saturated heterocycles. The summed E-state index contributed by atoms with van der Waals surface area (Å²) in [7, 11) is 0. The summed E-state index contributed by atoms with van der Waals surface area (Å²) >= 11 is 11.3. The van der Waals surface area contributed by atoms with E-state index in [-0.39, 0.29) is 0 Å². The summed E-state index contributed by atoms with van der Waals surface area (Å²) < 4.78 is 1.13. The molecule has 12 heavy (non-hydrogen) atoms. The first kappa shape index (κ1) is 10.6. The molecular weight excluding hydrogens is 300 g/mol. The van der Waals surface area contributed by atoms with Gasteiger partial charge in [0.25, 0.3) is 0 Å². The maximum atomic E-state index is 4.33. The van der Waals surface area contributed by atoms with E-state index in [0.717, 1.165) is 27.5 Å². The molecule has 0 radical (unpaired) electrons. The van der Waals surface area contributed by atoms with Gasteiger partial charge in [0.15, 0.2) is 0 Å². The fraction of sp³-hybridized carbons (Fsp3) is 0.333. The van der Waals surface area contributed by atoms with Crippen LogP contribution in [0.5, 0.6) is 0 Å². The second kappa shape index (κ2) is 5.30. The second-order valence-corrected chi connectivity index (χ2v) is 4.61. The maximum absolute atomic E-state index is 4.33. The lowest BCUT2D eigenvalue weighted by atomic mass is 10.1. The largest absolute Gasteiger partial charge is 0.142 e. The molecule has 3 heteroatoms. The number of hydrogen-bond acceptors (Lipinski definition) is 1. The van der Waals surface area contributed by atoms with Crippen LogP contribution in [-0.4, -0.2) is 5.33 Å². The summed E-state index contributed by atoms with van der Waals surface area (Å²) in [5.41, 5.74) is 1.34. The zero-order valence-corrected chi connectivity index (χ0v) is 10.6. The Balaban J connectivity index is 2.78. The van der Waals surface area contributed by atoms with Crippen LogP contribution in [0.25, 0.3) is 0 Å². The number of aryl methyl sites for hydroxylation is 1. The molecule has 0 atom stereocenters. The quantitative estimate of drug-likeness (QED) is 0.631. The molecule has 0 aliphatic rings. The Morgan fingerprint density at radius 2 is 2.08 bits per heavy atom. The predicted octanol–water partition coefficient (Wildman–Crippen LogP) is 4.07. The highest BCUT2D eigenvalue weighted by Crippen LogP contribution is 2.25. The van der Waals surface area contributed by atoms with Crippen LogP contribution in [0.15, 0.2) is 27.6 Å². The van der Waals surface area contributed by atoms with Crippen molar-refractivity contribution in [3.8, 4) is 0 Å². The summed E-state index contributed by atoms with van der Waals surface area (Å²) in [4.78, 5) is 1.02. The summed E-state index contributed by atoms with van der Waals surface area (Å²) in [6.45, 7) is 0. The monoisotopic (exact) mass is 308 g/mol. The molecule has 0 N–H and O–H groups in total. The lowest BCUT2D eigenvalue weighted by Gasteiger charge is -2.04. The van der Waals surface area contributed by atoms with Crippen LogP contribution in [0, 0.1) is 0 Å². The van der Waals surface area contributed by atoms with Crippen molar-refractivity contribution >= 4 is 44.5 Å². The minimum atomic E-state index is 1.02. The molecule has 0 bridgehead atoms. The Kier molecular flexibility index (Phi) is 4.69. The van der Waals surface area contributed by atoms with E-state index in [1.165, 1.54) is 5.56 Å². The number of thiol groups is 1. The summed E-state index contributed by atoms with van der Waals surface area (Å²) in [6.07, 6.45) is 2.26. The van der Waals surface area contributed by atoms with Crippen molar-refractivity contribution < 1.29 is 0 Å². The van der Waals surface area contributed by atoms with Gasteiger partial charge in [0.05, 0.1) is 0 Å². The highest BCUT2D eigenvalue weighted by Gasteiger charge is 2.01. The van der Waals surface area contributed by atoms with Crippen molar-refractivity contribution in [3.63, 3.8) is 0 Å². The highest BCUT2D eigenvalue weighted by molar-refractivity contribution is 9.10. The SMILES string of the molecule is Sc1cccc(CCCBr)c1Br. The third kappa shape index (κ3) is 2.79. The van der Waals surface area contributed by atoms with E-state index in [0.29, 0.717) is 0 Å². The standard InChI is InChI=1S/C9H10Br2S/c10-6-2-4-7-3-1-5-8(12)9(7)11/h1,3,5,12H,2,4,6H2. The zero-order chi connectivity index (χ0) is 8.97. The summed E-state index contributed by atoms with van der Waals surface area (Å²) in [6, 6.07) is 6.16. The van der Waals surface area contributed by atoms with Crippen LogP contribution in [0.2, 0.25) is 0 Å². The molecule has 1 rings (SSSR count). The molecular formula is C9H10Br2S. The van der Waals surface area contributed by atoms with Gasteiger partial charge in [-0.15, -0.1) is 12.6 Å². The first-order valence-corrected chi connectivity index (χ1v) is 6.14. The smallest absolute Gasteiger partial charge is 0.0340 e. The van der Waals surface area contributed by atoms with E-state index < -0.39 is 0 Å².